The lowest BCUT2D eigenvalue weighted by atomic mass is 10.2. The van der Waals surface area contributed by atoms with Crippen LogP contribution in [0.3, 0.4) is 0 Å². The largest absolute Gasteiger partial charge is 0.497 e. The highest BCUT2D eigenvalue weighted by Gasteiger charge is 2.34. The van der Waals surface area contributed by atoms with E-state index in [1.54, 1.807) is 18.4 Å². The number of methoxy groups -OCH3 is 1. The minimum atomic E-state index is -0.216. The normalized spacial score (nSPS) is 18.5. The molecule has 2 atom stereocenters. The number of anilines is 1. The van der Waals surface area contributed by atoms with Gasteiger partial charge >= 0.3 is 0 Å². The molecular formula is C21H23N3O2S. The van der Waals surface area contributed by atoms with Gasteiger partial charge in [0.25, 0.3) is 0 Å². The third kappa shape index (κ3) is 3.68. The van der Waals surface area contributed by atoms with Gasteiger partial charge in [-0.3, -0.25) is 9.69 Å². The molecule has 1 fully saturated rings. The van der Waals surface area contributed by atoms with E-state index in [0.717, 1.165) is 41.3 Å². The molecule has 3 aromatic rings. The maximum Gasteiger partial charge on any atom is 0.241 e. The molecule has 0 radical (unpaired) electrons. The quantitative estimate of drug-likeness (QED) is 0.708. The highest BCUT2D eigenvalue weighted by molar-refractivity contribution is 7.18. The Morgan fingerprint density at radius 3 is 2.78 bits per heavy atom. The van der Waals surface area contributed by atoms with Gasteiger partial charge in [-0.1, -0.05) is 12.1 Å². The van der Waals surface area contributed by atoms with Crippen molar-refractivity contribution < 1.29 is 9.53 Å². The zero-order valence-corrected chi connectivity index (χ0v) is 16.3. The average Bonchev–Trinajstić information content (AvgIpc) is 3.34. The molecule has 4 rings (SSSR count). The van der Waals surface area contributed by atoms with Gasteiger partial charge in [-0.05, 0) is 62.7 Å². The molecule has 0 aliphatic carbocycles. The summed E-state index contributed by atoms with van der Waals surface area (Å²) in [6.07, 6.45) is 2.13. The maximum atomic E-state index is 12.8. The molecule has 1 aliphatic rings. The van der Waals surface area contributed by atoms with Crippen LogP contribution in [-0.2, 0) is 4.79 Å². The number of carbonyl (C=O) groups excluding carboxylic acids is 1. The van der Waals surface area contributed by atoms with Gasteiger partial charge in [-0.25, -0.2) is 4.98 Å². The minimum Gasteiger partial charge on any atom is -0.497 e. The number of carbonyl (C=O) groups is 1. The first kappa shape index (κ1) is 17.9. The van der Waals surface area contributed by atoms with Gasteiger partial charge in [-0.15, -0.1) is 11.3 Å². The topological polar surface area (TPSA) is 54.5 Å². The standard InChI is InChI=1S/C21H23N3O2S/c1-14(20(25)22-15-9-11-16(26-2)12-10-15)24-13-5-7-18(24)21-23-17-6-3-4-8-19(17)27-21/h3-4,6,8-12,14,18H,5,7,13H2,1-2H3,(H,22,25). The summed E-state index contributed by atoms with van der Waals surface area (Å²) in [4.78, 5) is 19.9. The zero-order valence-electron chi connectivity index (χ0n) is 15.5. The number of rotatable bonds is 5. The van der Waals surface area contributed by atoms with E-state index >= 15 is 0 Å². The smallest absolute Gasteiger partial charge is 0.241 e. The van der Waals surface area contributed by atoms with Gasteiger partial charge in [0.15, 0.2) is 0 Å². The van der Waals surface area contributed by atoms with Gasteiger partial charge in [-0.2, -0.15) is 0 Å². The molecule has 27 heavy (non-hydrogen) atoms. The lowest BCUT2D eigenvalue weighted by Gasteiger charge is -2.28. The van der Waals surface area contributed by atoms with Gasteiger partial charge in [0, 0.05) is 5.69 Å². The van der Waals surface area contributed by atoms with Crippen LogP contribution < -0.4 is 10.1 Å². The Balaban J connectivity index is 1.49. The Kier molecular flexibility index (Phi) is 5.09. The number of benzene rings is 2. The number of nitrogens with zero attached hydrogens (tertiary/aromatic N) is 2. The van der Waals surface area contributed by atoms with Crippen molar-refractivity contribution in [2.45, 2.75) is 31.8 Å². The zero-order chi connectivity index (χ0) is 18.8. The van der Waals surface area contributed by atoms with Crippen molar-refractivity contribution in [1.29, 1.82) is 0 Å². The van der Waals surface area contributed by atoms with Crippen LogP contribution in [0.15, 0.2) is 48.5 Å². The van der Waals surface area contributed by atoms with E-state index in [2.05, 4.69) is 22.3 Å². The number of amides is 1. The van der Waals surface area contributed by atoms with Crippen molar-refractivity contribution in [3.05, 3.63) is 53.5 Å². The molecule has 2 heterocycles. The van der Waals surface area contributed by atoms with Gasteiger partial charge in [0.2, 0.25) is 5.91 Å². The molecule has 1 N–H and O–H groups in total. The van der Waals surface area contributed by atoms with Crippen LogP contribution in [-0.4, -0.2) is 35.5 Å². The highest BCUT2D eigenvalue weighted by Crippen LogP contribution is 2.37. The number of para-hydroxylation sites is 1. The molecule has 140 valence electrons. The molecule has 1 saturated heterocycles. The fourth-order valence-corrected chi connectivity index (χ4v) is 4.75. The van der Waals surface area contributed by atoms with Crippen molar-refractivity contribution in [2.24, 2.45) is 0 Å². The first-order valence-electron chi connectivity index (χ1n) is 9.22. The lowest BCUT2D eigenvalue weighted by molar-refractivity contribution is -0.121. The fourth-order valence-electron chi connectivity index (χ4n) is 3.62. The number of likely N-dealkylation sites (tertiary alicyclic amines) is 1. The number of hydrogen-bond donors (Lipinski definition) is 1. The summed E-state index contributed by atoms with van der Waals surface area (Å²) in [5.74, 6) is 0.782. The number of hydrogen-bond acceptors (Lipinski definition) is 5. The van der Waals surface area contributed by atoms with E-state index in [4.69, 9.17) is 9.72 Å². The van der Waals surface area contributed by atoms with Crippen LogP contribution in [0.2, 0.25) is 0 Å². The molecule has 2 aromatic carbocycles. The molecule has 1 aromatic heterocycles. The Bertz CT molecular complexity index is 905. The molecule has 0 bridgehead atoms. The molecule has 2 unspecified atom stereocenters. The van der Waals surface area contributed by atoms with Gasteiger partial charge in [0.05, 0.1) is 29.4 Å². The van der Waals surface area contributed by atoms with E-state index in [1.165, 1.54) is 4.70 Å². The van der Waals surface area contributed by atoms with Crippen LogP contribution in [0.25, 0.3) is 10.2 Å². The predicted molar refractivity (Wildman–Crippen MR) is 109 cm³/mol. The summed E-state index contributed by atoms with van der Waals surface area (Å²) in [5.41, 5.74) is 1.82. The molecule has 1 amide bonds. The molecule has 0 spiro atoms. The van der Waals surface area contributed by atoms with E-state index in [0.29, 0.717) is 0 Å². The lowest BCUT2D eigenvalue weighted by Crippen LogP contribution is -2.41. The predicted octanol–water partition coefficient (Wildman–Crippen LogP) is 4.47. The number of thiazole rings is 1. The van der Waals surface area contributed by atoms with Gasteiger partial charge in [0.1, 0.15) is 10.8 Å². The number of nitrogens with one attached hydrogen (secondary N) is 1. The number of ether oxygens (including phenoxy) is 1. The van der Waals surface area contributed by atoms with Crippen molar-refractivity contribution in [3.8, 4) is 5.75 Å². The maximum absolute atomic E-state index is 12.8. The van der Waals surface area contributed by atoms with E-state index in [-0.39, 0.29) is 18.0 Å². The second-order valence-corrected chi connectivity index (χ2v) is 7.87. The average molecular weight is 382 g/mol. The number of fused-ring (bicyclic) bond motifs is 1. The summed E-state index contributed by atoms with van der Waals surface area (Å²) in [6.45, 7) is 2.89. The monoisotopic (exact) mass is 381 g/mol. The van der Waals surface area contributed by atoms with Crippen LogP contribution in [0.4, 0.5) is 5.69 Å². The van der Waals surface area contributed by atoms with Crippen LogP contribution >= 0.6 is 11.3 Å². The van der Waals surface area contributed by atoms with Crippen LogP contribution in [0, 0.1) is 0 Å². The van der Waals surface area contributed by atoms with Crippen molar-refractivity contribution in [1.82, 2.24) is 9.88 Å². The Morgan fingerprint density at radius 2 is 2.04 bits per heavy atom. The Labute approximate surface area is 163 Å². The highest BCUT2D eigenvalue weighted by atomic mass is 32.1. The first-order valence-corrected chi connectivity index (χ1v) is 10.0. The van der Waals surface area contributed by atoms with E-state index < -0.39 is 0 Å². The fraction of sp³-hybridized carbons (Fsp3) is 0.333. The van der Waals surface area contributed by atoms with Gasteiger partial charge < -0.3 is 10.1 Å². The minimum absolute atomic E-state index is 0.00757. The molecule has 1 aliphatic heterocycles. The second-order valence-electron chi connectivity index (χ2n) is 6.81. The second kappa shape index (κ2) is 7.66. The SMILES string of the molecule is COc1ccc(NC(=O)C(C)N2CCCC2c2nc3ccccc3s2)cc1. The summed E-state index contributed by atoms with van der Waals surface area (Å²) in [5, 5.41) is 4.12. The molecule has 5 nitrogen and oxygen atoms in total. The Hall–Kier alpha value is -2.44. The third-order valence-electron chi connectivity index (χ3n) is 5.12. The number of aromatic nitrogens is 1. The summed E-state index contributed by atoms with van der Waals surface area (Å²) >= 11 is 1.74. The van der Waals surface area contributed by atoms with Crippen molar-refractivity contribution >= 4 is 33.1 Å². The first-order chi connectivity index (χ1) is 13.2. The van der Waals surface area contributed by atoms with Crippen molar-refractivity contribution in [2.75, 3.05) is 19.0 Å². The van der Waals surface area contributed by atoms with E-state index in [1.807, 2.05) is 43.3 Å². The third-order valence-corrected chi connectivity index (χ3v) is 6.26. The van der Waals surface area contributed by atoms with E-state index in [9.17, 15) is 4.79 Å². The summed E-state index contributed by atoms with van der Waals surface area (Å²) in [6, 6.07) is 15.6. The molecular weight excluding hydrogens is 358 g/mol. The summed E-state index contributed by atoms with van der Waals surface area (Å²) < 4.78 is 6.37. The van der Waals surface area contributed by atoms with Crippen LogP contribution in [0.1, 0.15) is 30.8 Å². The van der Waals surface area contributed by atoms with Crippen molar-refractivity contribution in [3.63, 3.8) is 0 Å². The Morgan fingerprint density at radius 1 is 1.26 bits per heavy atom. The molecule has 0 saturated carbocycles. The van der Waals surface area contributed by atoms with Crippen LogP contribution in [0.5, 0.6) is 5.75 Å². The molecule has 6 heteroatoms. The summed E-state index contributed by atoms with van der Waals surface area (Å²) in [7, 11) is 1.63.